The molecule has 0 saturated carbocycles. The number of rotatable bonds is 14. The average Bonchev–Trinajstić information content (AvgIpc) is 3.29. The van der Waals surface area contributed by atoms with Crippen LogP contribution in [0.2, 0.25) is 0 Å². The number of nitro benzene ring substituents is 1. The Bertz CT molecular complexity index is 1790. The second-order valence-electron chi connectivity index (χ2n) is 10.2. The number of nitrogens with two attached hydrogens (primary N) is 1. The summed E-state index contributed by atoms with van der Waals surface area (Å²) in [7, 11) is -16.9. The lowest BCUT2D eigenvalue weighted by molar-refractivity contribution is -0.386. The maximum absolute atomic E-state index is 12.6. The number of aliphatic hydroxyl groups is 1. The number of aromatic nitrogens is 2. The van der Waals surface area contributed by atoms with E-state index in [1.807, 2.05) is 0 Å². The molecule has 1 aliphatic heterocycles. The molecule has 2 heterocycles. The first-order chi connectivity index (χ1) is 21.7. The van der Waals surface area contributed by atoms with Crippen LogP contribution in [0, 0.1) is 27.9 Å². The van der Waals surface area contributed by atoms with Crippen molar-refractivity contribution in [3.63, 3.8) is 0 Å². The number of phosphoric acid groups is 3. The van der Waals surface area contributed by atoms with Crippen LogP contribution >= 0.6 is 23.5 Å². The van der Waals surface area contributed by atoms with Crippen LogP contribution < -0.4 is 17.0 Å². The summed E-state index contributed by atoms with van der Waals surface area (Å²) in [5, 5.41) is 22.2. The molecule has 0 spiro atoms. The molecule has 0 aliphatic carbocycles. The molecule has 21 nitrogen and oxygen atoms in total. The Kier molecular flexibility index (Phi) is 12.8. The molecule has 0 bridgehead atoms. The van der Waals surface area contributed by atoms with Gasteiger partial charge in [0.05, 0.1) is 48.0 Å². The molecule has 8 N–H and O–H groups in total. The summed E-state index contributed by atoms with van der Waals surface area (Å²) >= 11 is 0. The average molecular weight is 728 g/mol. The SMILES string of the molecule is CC(C)C(OCc1cn([C@H]2C[C@@H](O)[C@@H](COP(=O)(O)OP(=O)(O)OP(=O)(O)O)O2)c(=O)[nH]c1=O)c1ccc(C#CCN)cc1[N+](=O)[O-]. The van der Waals surface area contributed by atoms with E-state index < -0.39 is 77.4 Å². The smallest absolute Gasteiger partial charge is 0.390 e. The predicted molar refractivity (Wildman–Crippen MR) is 157 cm³/mol. The molecule has 3 unspecified atom stereocenters. The first kappa shape index (κ1) is 38.6. The van der Waals surface area contributed by atoms with E-state index in [1.165, 1.54) is 12.1 Å². The molecule has 1 fully saturated rings. The minimum Gasteiger partial charge on any atom is -0.390 e. The number of nitro groups is 1. The molecule has 1 aromatic carbocycles. The van der Waals surface area contributed by atoms with Crippen molar-refractivity contribution in [2.24, 2.45) is 11.7 Å². The Morgan fingerprint density at radius 3 is 2.45 bits per heavy atom. The number of benzene rings is 1. The van der Waals surface area contributed by atoms with E-state index in [0.29, 0.717) is 5.56 Å². The Balaban J connectivity index is 1.76. The Hall–Kier alpha value is -2.89. The van der Waals surface area contributed by atoms with Gasteiger partial charge in [-0.2, -0.15) is 8.62 Å². The first-order valence-corrected chi connectivity index (χ1v) is 17.8. The summed E-state index contributed by atoms with van der Waals surface area (Å²) in [5.41, 5.74) is 3.71. The molecule has 0 amide bonds. The molecule has 260 valence electrons. The maximum Gasteiger partial charge on any atom is 0.490 e. The van der Waals surface area contributed by atoms with Crippen molar-refractivity contribution in [2.45, 2.75) is 51.4 Å². The van der Waals surface area contributed by atoms with E-state index in [2.05, 4.69) is 30.0 Å². The van der Waals surface area contributed by atoms with E-state index in [1.54, 1.807) is 19.9 Å². The van der Waals surface area contributed by atoms with E-state index in [-0.39, 0.29) is 35.7 Å². The zero-order valence-electron chi connectivity index (χ0n) is 24.5. The third-order valence-corrected chi connectivity index (χ3v) is 10.1. The van der Waals surface area contributed by atoms with E-state index in [4.69, 9.17) is 25.0 Å². The van der Waals surface area contributed by atoms with Gasteiger partial charge >= 0.3 is 29.2 Å². The number of nitrogens with zero attached hydrogens (tertiary/aromatic N) is 2. The minimum absolute atomic E-state index is 0.0531. The number of aliphatic hydroxyl groups excluding tert-OH is 1. The lowest BCUT2D eigenvalue weighted by atomic mass is 9.96. The highest BCUT2D eigenvalue weighted by atomic mass is 31.3. The molecular formula is C23H31N4O17P3. The fraction of sp³-hybridized carbons (Fsp3) is 0.478. The van der Waals surface area contributed by atoms with Gasteiger partial charge < -0.3 is 39.9 Å². The van der Waals surface area contributed by atoms with Crippen LogP contribution in [0.4, 0.5) is 5.69 Å². The van der Waals surface area contributed by atoms with Gasteiger partial charge in [-0.3, -0.25) is 29.0 Å². The number of H-pyrrole nitrogens is 1. The van der Waals surface area contributed by atoms with Gasteiger partial charge in [0.25, 0.3) is 11.2 Å². The van der Waals surface area contributed by atoms with Crippen molar-refractivity contribution in [2.75, 3.05) is 13.2 Å². The van der Waals surface area contributed by atoms with Gasteiger partial charge in [-0.05, 0) is 18.1 Å². The van der Waals surface area contributed by atoms with E-state index >= 15 is 0 Å². The fourth-order valence-electron chi connectivity index (χ4n) is 4.34. The fourth-order valence-corrected chi connectivity index (χ4v) is 7.37. The van der Waals surface area contributed by atoms with Gasteiger partial charge in [-0.15, -0.1) is 0 Å². The molecule has 1 saturated heterocycles. The van der Waals surface area contributed by atoms with Crippen LogP contribution in [0.1, 0.15) is 49.3 Å². The number of hydrogen-bond donors (Lipinski definition) is 7. The first-order valence-electron chi connectivity index (χ1n) is 13.3. The van der Waals surface area contributed by atoms with Crippen molar-refractivity contribution in [3.05, 3.63) is 72.0 Å². The summed E-state index contributed by atoms with van der Waals surface area (Å²) in [4.78, 5) is 74.7. The molecule has 47 heavy (non-hydrogen) atoms. The number of hydrogen-bond acceptors (Lipinski definition) is 14. The monoisotopic (exact) mass is 728 g/mol. The zero-order valence-corrected chi connectivity index (χ0v) is 27.2. The van der Waals surface area contributed by atoms with Crippen LogP contribution in [0.3, 0.4) is 0 Å². The highest BCUT2D eigenvalue weighted by Gasteiger charge is 2.43. The lowest BCUT2D eigenvalue weighted by Crippen LogP contribution is -2.34. The Morgan fingerprint density at radius 2 is 1.85 bits per heavy atom. The Labute approximate surface area is 264 Å². The molecule has 6 atom stereocenters. The summed E-state index contributed by atoms with van der Waals surface area (Å²) in [5.74, 6) is 5.00. The van der Waals surface area contributed by atoms with Crippen LogP contribution in [0.25, 0.3) is 0 Å². The largest absolute Gasteiger partial charge is 0.490 e. The third-order valence-electron chi connectivity index (χ3n) is 6.27. The van der Waals surface area contributed by atoms with Gasteiger partial charge in [-0.1, -0.05) is 25.7 Å². The normalized spacial score (nSPS) is 21.4. The molecule has 0 radical (unpaired) electrons. The highest BCUT2D eigenvalue weighted by Crippen LogP contribution is 2.66. The standard InChI is InChI=1S/C23H31N4O17P3/c1-13(2)21(16-6-5-14(4-3-7-24)8-17(16)27(31)32)40-11-15-10-26(23(30)25-22(15)29)20-9-18(28)19(42-20)12-41-46(36,37)44-47(38,39)43-45(33,34)35/h5-6,8,10,13,18-21,28H,7,9,11-12,24H2,1-2H3,(H,36,37)(H,38,39)(H,25,29,30)(H2,33,34,35)/t18-,19-,20-,21?/m1/s1. The maximum atomic E-state index is 12.6. The van der Waals surface area contributed by atoms with Crippen molar-refractivity contribution < 1.29 is 65.9 Å². The molecule has 2 aromatic rings. The van der Waals surface area contributed by atoms with Gasteiger partial charge in [0.1, 0.15) is 12.3 Å². The highest BCUT2D eigenvalue weighted by molar-refractivity contribution is 7.66. The van der Waals surface area contributed by atoms with Gasteiger partial charge in [0, 0.05) is 24.2 Å². The lowest BCUT2D eigenvalue weighted by Gasteiger charge is -2.22. The van der Waals surface area contributed by atoms with Crippen LogP contribution in [0.15, 0.2) is 34.0 Å². The summed E-state index contributed by atoms with van der Waals surface area (Å²) in [6.07, 6.45) is -4.35. The molecule has 1 aromatic heterocycles. The minimum atomic E-state index is -5.78. The van der Waals surface area contributed by atoms with Gasteiger partial charge in [-0.25, -0.2) is 18.5 Å². The van der Waals surface area contributed by atoms with Crippen molar-refractivity contribution in [3.8, 4) is 11.8 Å². The summed E-state index contributed by atoms with van der Waals surface area (Å²) in [6, 6.07) is 4.30. The summed E-state index contributed by atoms with van der Waals surface area (Å²) in [6.45, 7) is 2.10. The molecular weight excluding hydrogens is 697 g/mol. The van der Waals surface area contributed by atoms with Crippen molar-refractivity contribution in [1.82, 2.24) is 9.55 Å². The van der Waals surface area contributed by atoms with Gasteiger partial charge in [0.15, 0.2) is 0 Å². The van der Waals surface area contributed by atoms with E-state index in [0.717, 1.165) is 10.8 Å². The Morgan fingerprint density at radius 1 is 1.17 bits per heavy atom. The second-order valence-corrected chi connectivity index (χ2v) is 14.6. The topological polar surface area (TPSA) is 323 Å². The molecule has 24 heteroatoms. The van der Waals surface area contributed by atoms with Crippen molar-refractivity contribution >= 4 is 29.2 Å². The van der Waals surface area contributed by atoms with E-state index in [9.17, 15) is 48.3 Å². The van der Waals surface area contributed by atoms with Crippen LogP contribution in [-0.2, 0) is 42.9 Å². The molecule has 1 aliphatic rings. The summed E-state index contributed by atoms with van der Waals surface area (Å²) < 4.78 is 58.3. The second kappa shape index (κ2) is 15.6. The quantitative estimate of drug-likeness (QED) is 0.0608. The van der Waals surface area contributed by atoms with Crippen molar-refractivity contribution in [1.29, 1.82) is 0 Å². The van der Waals surface area contributed by atoms with Crippen LogP contribution in [0.5, 0.6) is 0 Å². The predicted octanol–water partition coefficient (Wildman–Crippen LogP) is 0.661. The molecule has 3 rings (SSSR count). The number of phosphoric ester groups is 1. The third kappa shape index (κ3) is 11.1. The number of aromatic amines is 1. The van der Waals surface area contributed by atoms with Gasteiger partial charge in [0.2, 0.25) is 0 Å². The zero-order chi connectivity index (χ0) is 35.3. The van der Waals surface area contributed by atoms with Crippen LogP contribution in [-0.4, -0.2) is 64.5 Å². The number of ether oxygens (including phenoxy) is 2. The number of nitrogens with one attached hydrogen (secondary N) is 1.